The summed E-state index contributed by atoms with van der Waals surface area (Å²) >= 11 is 0. The van der Waals surface area contributed by atoms with Crippen LogP contribution in [0.5, 0.6) is 0 Å². The Kier molecular flexibility index (Phi) is 3.52. The zero-order valence-electron chi connectivity index (χ0n) is 11.9. The summed E-state index contributed by atoms with van der Waals surface area (Å²) in [5.74, 6) is 0.577. The van der Waals surface area contributed by atoms with E-state index in [2.05, 4.69) is 0 Å². The van der Waals surface area contributed by atoms with Gasteiger partial charge in [0.25, 0.3) is 5.69 Å². The van der Waals surface area contributed by atoms with E-state index in [-0.39, 0.29) is 22.8 Å². The van der Waals surface area contributed by atoms with Crippen molar-refractivity contribution in [1.82, 2.24) is 0 Å². The van der Waals surface area contributed by atoms with Gasteiger partial charge in [0.15, 0.2) is 0 Å². The molecule has 0 bridgehead atoms. The van der Waals surface area contributed by atoms with Gasteiger partial charge in [0.1, 0.15) is 5.69 Å². The molecule has 1 heterocycles. The van der Waals surface area contributed by atoms with Gasteiger partial charge in [-0.25, -0.2) is 0 Å². The Balaban J connectivity index is 1.93. The summed E-state index contributed by atoms with van der Waals surface area (Å²) in [4.78, 5) is 12.8. The van der Waals surface area contributed by atoms with Gasteiger partial charge in [0, 0.05) is 19.2 Å². The molecule has 1 aliphatic heterocycles. The van der Waals surface area contributed by atoms with Crippen molar-refractivity contribution in [3.63, 3.8) is 0 Å². The number of rotatable bonds is 3. The van der Waals surface area contributed by atoms with E-state index in [0.717, 1.165) is 0 Å². The molecule has 1 aliphatic carbocycles. The molecule has 2 unspecified atom stereocenters. The Morgan fingerprint density at radius 2 is 2.19 bits per heavy atom. The Bertz CT molecular complexity index is 607. The number of nitro benzene ring substituents is 1. The van der Waals surface area contributed by atoms with Crippen molar-refractivity contribution in [2.24, 2.45) is 5.92 Å². The second kappa shape index (κ2) is 5.34. The molecule has 2 aliphatic rings. The average Bonchev–Trinajstić information content (AvgIpc) is 3.30. The third-order valence-electron chi connectivity index (χ3n) is 4.07. The van der Waals surface area contributed by atoms with E-state index in [1.54, 1.807) is 6.07 Å². The first-order chi connectivity index (χ1) is 10.1. The van der Waals surface area contributed by atoms with E-state index < -0.39 is 0 Å². The monoisotopic (exact) mass is 287 g/mol. The van der Waals surface area contributed by atoms with E-state index in [0.29, 0.717) is 30.3 Å². The lowest BCUT2D eigenvalue weighted by Gasteiger charge is -2.38. The van der Waals surface area contributed by atoms with Gasteiger partial charge in [-0.2, -0.15) is 5.26 Å². The first-order valence-electron chi connectivity index (χ1n) is 7.17. The summed E-state index contributed by atoms with van der Waals surface area (Å²) in [5, 5.41) is 20.3. The molecule has 0 spiro atoms. The summed E-state index contributed by atoms with van der Waals surface area (Å²) < 4.78 is 5.94. The number of anilines is 1. The van der Waals surface area contributed by atoms with E-state index in [9.17, 15) is 10.1 Å². The van der Waals surface area contributed by atoms with Crippen LogP contribution in [0.4, 0.5) is 11.4 Å². The molecular formula is C15H17N3O3. The number of hydrogen-bond acceptors (Lipinski definition) is 5. The van der Waals surface area contributed by atoms with E-state index >= 15 is 0 Å². The molecule has 6 heteroatoms. The summed E-state index contributed by atoms with van der Waals surface area (Å²) in [7, 11) is 0. The molecule has 2 atom stereocenters. The van der Waals surface area contributed by atoms with Crippen molar-refractivity contribution in [2.45, 2.75) is 32.0 Å². The molecule has 1 saturated carbocycles. The zero-order chi connectivity index (χ0) is 15.0. The van der Waals surface area contributed by atoms with E-state index in [1.807, 2.05) is 17.9 Å². The Hall–Kier alpha value is -2.13. The smallest absolute Gasteiger partial charge is 0.292 e. The fourth-order valence-corrected chi connectivity index (χ4v) is 2.91. The molecule has 1 aromatic carbocycles. The summed E-state index contributed by atoms with van der Waals surface area (Å²) in [6, 6.07) is 6.57. The molecule has 0 N–H and O–H groups in total. The van der Waals surface area contributed by atoms with Crippen LogP contribution < -0.4 is 4.90 Å². The largest absolute Gasteiger partial charge is 0.371 e. The lowest BCUT2D eigenvalue weighted by molar-refractivity contribution is -0.384. The highest BCUT2D eigenvalue weighted by molar-refractivity contribution is 5.66. The van der Waals surface area contributed by atoms with Crippen LogP contribution in [0.3, 0.4) is 0 Å². The molecule has 0 radical (unpaired) electrons. The van der Waals surface area contributed by atoms with Gasteiger partial charge >= 0.3 is 0 Å². The Labute approximate surface area is 123 Å². The number of hydrogen-bond donors (Lipinski definition) is 0. The lowest BCUT2D eigenvalue weighted by Crippen LogP contribution is -2.47. The molecule has 3 rings (SSSR count). The maximum atomic E-state index is 11.2. The molecule has 2 fully saturated rings. The quantitative estimate of drug-likeness (QED) is 0.630. The minimum atomic E-state index is -0.386. The Morgan fingerprint density at radius 1 is 1.43 bits per heavy atom. The predicted octanol–water partition coefficient (Wildman–Crippen LogP) is 2.47. The van der Waals surface area contributed by atoms with Gasteiger partial charge in [-0.15, -0.1) is 0 Å². The molecule has 110 valence electrons. The molecule has 1 aromatic rings. The minimum absolute atomic E-state index is 0.0368. The first kappa shape index (κ1) is 13.8. The maximum absolute atomic E-state index is 11.2. The summed E-state index contributed by atoms with van der Waals surface area (Å²) in [6.45, 7) is 3.26. The van der Waals surface area contributed by atoms with Crippen molar-refractivity contribution < 1.29 is 9.66 Å². The van der Waals surface area contributed by atoms with Gasteiger partial charge in [0.05, 0.1) is 28.8 Å². The van der Waals surface area contributed by atoms with Gasteiger partial charge in [-0.05, 0) is 37.8 Å². The second-order valence-corrected chi connectivity index (χ2v) is 5.80. The topological polar surface area (TPSA) is 79.4 Å². The van der Waals surface area contributed by atoms with Crippen molar-refractivity contribution >= 4 is 11.4 Å². The van der Waals surface area contributed by atoms with Crippen LogP contribution in [0.2, 0.25) is 0 Å². The fraction of sp³-hybridized carbons (Fsp3) is 0.533. The highest BCUT2D eigenvalue weighted by Crippen LogP contribution is 2.39. The highest BCUT2D eigenvalue weighted by atomic mass is 16.6. The minimum Gasteiger partial charge on any atom is -0.371 e. The lowest BCUT2D eigenvalue weighted by atomic mass is 10.1. The van der Waals surface area contributed by atoms with Gasteiger partial charge in [-0.3, -0.25) is 10.1 Å². The van der Waals surface area contributed by atoms with Crippen molar-refractivity contribution in [1.29, 1.82) is 5.26 Å². The van der Waals surface area contributed by atoms with Gasteiger partial charge in [-0.1, -0.05) is 0 Å². The van der Waals surface area contributed by atoms with Crippen LogP contribution in [-0.4, -0.2) is 30.2 Å². The average molecular weight is 287 g/mol. The number of nitro groups is 1. The van der Waals surface area contributed by atoms with Crippen LogP contribution in [0.25, 0.3) is 0 Å². The van der Waals surface area contributed by atoms with Crippen molar-refractivity contribution in [3.8, 4) is 6.07 Å². The van der Waals surface area contributed by atoms with Crippen LogP contribution in [0, 0.1) is 27.4 Å². The number of nitriles is 1. The number of benzene rings is 1. The number of ether oxygens (including phenoxy) is 1. The molecule has 0 aromatic heterocycles. The molecular weight excluding hydrogens is 270 g/mol. The van der Waals surface area contributed by atoms with Crippen molar-refractivity contribution in [2.75, 3.05) is 18.0 Å². The second-order valence-electron chi connectivity index (χ2n) is 5.80. The summed E-state index contributed by atoms with van der Waals surface area (Å²) in [5.41, 5.74) is 1.02. The molecule has 0 amide bonds. The summed E-state index contributed by atoms with van der Waals surface area (Å²) in [6.07, 6.45) is 2.52. The standard InChI is InChI=1S/C15H17N3O3/c1-10-8-17(9-15(21-10)12-3-4-12)14-6-11(7-16)2-5-13(14)18(19)20/h2,5-6,10,12,15H,3-4,8-9H2,1H3. The predicted molar refractivity (Wildman–Crippen MR) is 77.1 cm³/mol. The van der Waals surface area contributed by atoms with Crippen LogP contribution in [0.15, 0.2) is 18.2 Å². The molecule has 6 nitrogen and oxygen atoms in total. The van der Waals surface area contributed by atoms with E-state index in [1.165, 1.54) is 25.0 Å². The number of nitrogens with zero attached hydrogens (tertiary/aromatic N) is 3. The SMILES string of the molecule is CC1CN(c2cc(C#N)ccc2[N+](=O)[O-])CC(C2CC2)O1. The number of morpholine rings is 1. The van der Waals surface area contributed by atoms with Crippen LogP contribution in [0.1, 0.15) is 25.3 Å². The third-order valence-corrected chi connectivity index (χ3v) is 4.07. The van der Waals surface area contributed by atoms with Gasteiger partial charge in [0.2, 0.25) is 0 Å². The normalized spacial score (nSPS) is 25.4. The maximum Gasteiger partial charge on any atom is 0.292 e. The molecule has 21 heavy (non-hydrogen) atoms. The van der Waals surface area contributed by atoms with Crippen molar-refractivity contribution in [3.05, 3.63) is 33.9 Å². The fourth-order valence-electron chi connectivity index (χ4n) is 2.91. The third kappa shape index (κ3) is 2.83. The van der Waals surface area contributed by atoms with Crippen LogP contribution in [-0.2, 0) is 4.74 Å². The molecule has 1 saturated heterocycles. The van der Waals surface area contributed by atoms with Gasteiger partial charge < -0.3 is 9.64 Å². The van der Waals surface area contributed by atoms with E-state index in [4.69, 9.17) is 10.00 Å². The first-order valence-corrected chi connectivity index (χ1v) is 7.17. The highest BCUT2D eigenvalue weighted by Gasteiger charge is 2.38. The zero-order valence-corrected chi connectivity index (χ0v) is 11.9. The Morgan fingerprint density at radius 3 is 2.81 bits per heavy atom. The van der Waals surface area contributed by atoms with Crippen LogP contribution >= 0.6 is 0 Å².